The molecule has 0 radical (unpaired) electrons. The zero-order valence-corrected chi connectivity index (χ0v) is 14.1. The molecule has 0 aromatic rings. The fourth-order valence-corrected chi connectivity index (χ4v) is 4.13. The van der Waals surface area contributed by atoms with E-state index in [1.807, 2.05) is 6.92 Å². The Balaban J connectivity index is 1.67. The van der Waals surface area contributed by atoms with Crippen molar-refractivity contribution in [2.45, 2.75) is 57.9 Å². The Bertz CT molecular complexity index is 513. The molecule has 4 amide bonds. The molecule has 1 saturated carbocycles. The normalized spacial score (nSPS) is 32.5. The highest BCUT2D eigenvalue weighted by Crippen LogP contribution is 2.38. The van der Waals surface area contributed by atoms with E-state index in [9.17, 15) is 14.4 Å². The van der Waals surface area contributed by atoms with E-state index in [0.717, 1.165) is 50.1 Å². The lowest BCUT2D eigenvalue weighted by Gasteiger charge is -2.37. The van der Waals surface area contributed by atoms with Crippen molar-refractivity contribution in [1.29, 1.82) is 0 Å². The number of carbonyl (C=O) groups excluding carboxylic acids is 3. The van der Waals surface area contributed by atoms with Crippen molar-refractivity contribution in [1.82, 2.24) is 15.1 Å². The van der Waals surface area contributed by atoms with Crippen LogP contribution < -0.4 is 5.32 Å². The van der Waals surface area contributed by atoms with Gasteiger partial charge >= 0.3 is 6.03 Å². The molecule has 2 saturated heterocycles. The number of carbonyl (C=O) groups is 3. The van der Waals surface area contributed by atoms with Crippen molar-refractivity contribution < 1.29 is 14.4 Å². The molecule has 3 aliphatic rings. The molecule has 1 N–H and O–H groups in total. The van der Waals surface area contributed by atoms with Gasteiger partial charge in [-0.2, -0.15) is 0 Å². The van der Waals surface area contributed by atoms with E-state index < -0.39 is 11.6 Å². The lowest BCUT2D eigenvalue weighted by atomic mass is 9.73. The molecule has 0 aromatic heterocycles. The van der Waals surface area contributed by atoms with E-state index >= 15 is 0 Å². The van der Waals surface area contributed by atoms with Crippen LogP contribution in [0.1, 0.15) is 52.4 Å². The van der Waals surface area contributed by atoms with Crippen LogP contribution in [-0.2, 0) is 9.59 Å². The number of imide groups is 1. The maximum atomic E-state index is 12.8. The molecule has 6 heteroatoms. The summed E-state index contributed by atoms with van der Waals surface area (Å²) in [5.74, 6) is 0.458. The summed E-state index contributed by atoms with van der Waals surface area (Å²) >= 11 is 0. The van der Waals surface area contributed by atoms with E-state index in [4.69, 9.17) is 0 Å². The van der Waals surface area contributed by atoms with Gasteiger partial charge in [0.25, 0.3) is 5.91 Å². The standard InChI is InChI=1S/C17H27N3O3/c1-12-6-9-19(10-7-12)14(21)11-20-15(22)17(18-16(20)23)8-4-3-5-13(17)2/h12-13H,3-11H2,1-2H3,(H,18,23). The minimum atomic E-state index is -0.772. The molecule has 1 spiro atoms. The Morgan fingerprint density at radius 3 is 2.52 bits per heavy atom. The van der Waals surface area contributed by atoms with Gasteiger partial charge < -0.3 is 10.2 Å². The first kappa shape index (κ1) is 16.3. The molecule has 3 rings (SSSR count). The van der Waals surface area contributed by atoms with Crippen LogP contribution in [0.3, 0.4) is 0 Å². The average Bonchev–Trinajstić information content (AvgIpc) is 2.76. The maximum absolute atomic E-state index is 12.8. The fraction of sp³-hybridized carbons (Fsp3) is 0.824. The quantitative estimate of drug-likeness (QED) is 0.788. The summed E-state index contributed by atoms with van der Waals surface area (Å²) in [6, 6.07) is -0.400. The van der Waals surface area contributed by atoms with E-state index in [1.54, 1.807) is 4.90 Å². The van der Waals surface area contributed by atoms with Gasteiger partial charge in [-0.1, -0.05) is 26.7 Å². The first-order valence-electron chi connectivity index (χ1n) is 8.86. The third-order valence-electron chi connectivity index (χ3n) is 5.93. The molecule has 0 aromatic carbocycles. The highest BCUT2D eigenvalue weighted by atomic mass is 16.2. The zero-order valence-electron chi connectivity index (χ0n) is 14.1. The highest BCUT2D eigenvalue weighted by Gasteiger charge is 2.55. The maximum Gasteiger partial charge on any atom is 0.325 e. The van der Waals surface area contributed by atoms with Crippen molar-refractivity contribution in [2.24, 2.45) is 11.8 Å². The Kier molecular flexibility index (Phi) is 4.34. The lowest BCUT2D eigenvalue weighted by molar-refractivity contribution is -0.141. The summed E-state index contributed by atoms with van der Waals surface area (Å²) in [4.78, 5) is 40.5. The second-order valence-corrected chi connectivity index (χ2v) is 7.50. The third-order valence-corrected chi connectivity index (χ3v) is 5.93. The number of hydrogen-bond acceptors (Lipinski definition) is 3. The second kappa shape index (κ2) is 6.13. The van der Waals surface area contributed by atoms with Crippen LogP contribution in [0.2, 0.25) is 0 Å². The van der Waals surface area contributed by atoms with Crippen LogP contribution in [0.25, 0.3) is 0 Å². The van der Waals surface area contributed by atoms with Crippen molar-refractivity contribution in [3.63, 3.8) is 0 Å². The molecule has 2 heterocycles. The Morgan fingerprint density at radius 2 is 1.87 bits per heavy atom. The number of hydrogen-bond donors (Lipinski definition) is 1. The third kappa shape index (κ3) is 2.83. The van der Waals surface area contributed by atoms with Gasteiger partial charge in [-0.15, -0.1) is 0 Å². The SMILES string of the molecule is CC1CCN(C(=O)CN2C(=O)NC3(CCCCC3C)C2=O)CC1. The number of nitrogens with one attached hydrogen (secondary N) is 1. The minimum Gasteiger partial charge on any atom is -0.341 e. The number of nitrogens with zero attached hydrogens (tertiary/aromatic N) is 2. The predicted octanol–water partition coefficient (Wildman–Crippen LogP) is 1.75. The van der Waals surface area contributed by atoms with Gasteiger partial charge in [-0.05, 0) is 37.5 Å². The van der Waals surface area contributed by atoms with Gasteiger partial charge in [0.05, 0.1) is 0 Å². The minimum absolute atomic E-state index is 0.110. The predicted molar refractivity (Wildman–Crippen MR) is 85.6 cm³/mol. The summed E-state index contributed by atoms with van der Waals surface area (Å²) in [6.45, 7) is 5.55. The molecule has 2 atom stereocenters. The summed E-state index contributed by atoms with van der Waals surface area (Å²) < 4.78 is 0. The summed E-state index contributed by atoms with van der Waals surface area (Å²) in [6.07, 6.45) is 5.65. The zero-order chi connectivity index (χ0) is 16.6. The van der Waals surface area contributed by atoms with E-state index in [0.29, 0.717) is 12.3 Å². The number of amides is 4. The van der Waals surface area contributed by atoms with Crippen LogP contribution in [0.5, 0.6) is 0 Å². The van der Waals surface area contributed by atoms with Gasteiger partial charge in [0.1, 0.15) is 12.1 Å². The summed E-state index contributed by atoms with van der Waals surface area (Å²) in [5, 5.41) is 2.90. The van der Waals surface area contributed by atoms with Crippen molar-refractivity contribution in [3.8, 4) is 0 Å². The molecule has 2 unspecified atom stereocenters. The number of piperidine rings is 1. The van der Waals surface area contributed by atoms with Gasteiger partial charge in [0.2, 0.25) is 5.91 Å². The molecule has 3 fully saturated rings. The van der Waals surface area contributed by atoms with Gasteiger partial charge in [0, 0.05) is 13.1 Å². The topological polar surface area (TPSA) is 69.7 Å². The van der Waals surface area contributed by atoms with Crippen LogP contribution in [0, 0.1) is 11.8 Å². The van der Waals surface area contributed by atoms with Crippen LogP contribution >= 0.6 is 0 Å². The Morgan fingerprint density at radius 1 is 1.17 bits per heavy atom. The molecular weight excluding hydrogens is 294 g/mol. The van der Waals surface area contributed by atoms with Crippen LogP contribution in [0.15, 0.2) is 0 Å². The van der Waals surface area contributed by atoms with Crippen molar-refractivity contribution in [2.75, 3.05) is 19.6 Å². The van der Waals surface area contributed by atoms with Crippen molar-refractivity contribution >= 4 is 17.8 Å². The van der Waals surface area contributed by atoms with Crippen molar-refractivity contribution in [3.05, 3.63) is 0 Å². The summed E-state index contributed by atoms with van der Waals surface area (Å²) in [5.41, 5.74) is -0.772. The van der Waals surface area contributed by atoms with E-state index in [1.165, 1.54) is 0 Å². The molecule has 23 heavy (non-hydrogen) atoms. The van der Waals surface area contributed by atoms with E-state index in [-0.39, 0.29) is 24.3 Å². The highest BCUT2D eigenvalue weighted by molar-refractivity contribution is 6.09. The first-order chi connectivity index (χ1) is 10.9. The number of likely N-dealkylation sites (tertiary alicyclic amines) is 1. The fourth-order valence-electron chi connectivity index (χ4n) is 4.13. The number of rotatable bonds is 2. The molecular formula is C17H27N3O3. The molecule has 0 bridgehead atoms. The Labute approximate surface area is 137 Å². The van der Waals surface area contributed by atoms with Gasteiger partial charge in [-0.3, -0.25) is 14.5 Å². The average molecular weight is 321 g/mol. The summed E-state index contributed by atoms with van der Waals surface area (Å²) in [7, 11) is 0. The molecule has 2 aliphatic heterocycles. The lowest BCUT2D eigenvalue weighted by Crippen LogP contribution is -2.54. The van der Waals surface area contributed by atoms with Gasteiger partial charge in [0.15, 0.2) is 0 Å². The van der Waals surface area contributed by atoms with Crippen LogP contribution in [-0.4, -0.2) is 52.8 Å². The van der Waals surface area contributed by atoms with Gasteiger partial charge in [-0.25, -0.2) is 4.79 Å². The second-order valence-electron chi connectivity index (χ2n) is 7.50. The monoisotopic (exact) mass is 321 g/mol. The van der Waals surface area contributed by atoms with Crippen LogP contribution in [0.4, 0.5) is 4.79 Å². The molecule has 1 aliphatic carbocycles. The largest absolute Gasteiger partial charge is 0.341 e. The number of urea groups is 1. The Hall–Kier alpha value is -1.59. The smallest absolute Gasteiger partial charge is 0.325 e. The molecule has 6 nitrogen and oxygen atoms in total. The molecule has 128 valence electrons. The first-order valence-corrected chi connectivity index (χ1v) is 8.86. The van der Waals surface area contributed by atoms with E-state index in [2.05, 4.69) is 12.2 Å².